The fourth-order valence-electron chi connectivity index (χ4n) is 3.58. The van der Waals surface area contributed by atoms with Crippen LogP contribution >= 0.6 is 0 Å². The van der Waals surface area contributed by atoms with E-state index in [2.05, 4.69) is 10.6 Å². The summed E-state index contributed by atoms with van der Waals surface area (Å²) in [6, 6.07) is 4.67. The molecule has 2 unspecified atom stereocenters. The molecule has 2 atom stereocenters. The summed E-state index contributed by atoms with van der Waals surface area (Å²) < 4.78 is 5.19. The second-order valence-electron chi connectivity index (χ2n) is 9.07. The van der Waals surface area contributed by atoms with Crippen LogP contribution in [-0.2, 0) is 14.3 Å². The monoisotopic (exact) mass is 449 g/mol. The number of benzene rings is 1. The van der Waals surface area contributed by atoms with Crippen molar-refractivity contribution in [1.29, 1.82) is 0 Å². The lowest BCUT2D eigenvalue weighted by molar-refractivity contribution is -0.141. The molecule has 3 amide bonds. The summed E-state index contributed by atoms with van der Waals surface area (Å²) in [6.45, 7) is 12.2. The summed E-state index contributed by atoms with van der Waals surface area (Å²) >= 11 is 0. The first kappa shape index (κ1) is 27.4. The van der Waals surface area contributed by atoms with E-state index in [1.54, 1.807) is 20.8 Å². The largest absolute Gasteiger partial charge is 0.444 e. The highest BCUT2D eigenvalue weighted by atomic mass is 16.6. The van der Waals surface area contributed by atoms with Crippen LogP contribution in [0.25, 0.3) is 0 Å². The number of hydrogen-bond acceptors (Lipinski definition) is 5. The molecular weight excluding hydrogens is 410 g/mol. The quantitative estimate of drug-likeness (QED) is 0.509. The van der Waals surface area contributed by atoms with E-state index in [-0.39, 0.29) is 31.6 Å². The predicted octanol–water partition coefficient (Wildman–Crippen LogP) is 2.99. The molecule has 0 saturated carbocycles. The number of alkyl carbamates (subject to hydrolysis) is 1. The molecule has 1 rings (SSSR count). The summed E-state index contributed by atoms with van der Waals surface area (Å²) in [6.07, 6.45) is 0.993. The lowest BCUT2D eigenvalue weighted by Crippen LogP contribution is -2.50. The van der Waals surface area contributed by atoms with Crippen LogP contribution in [0, 0.1) is 13.8 Å². The first-order chi connectivity index (χ1) is 14.9. The molecule has 3 N–H and O–H groups in total. The molecule has 1 aromatic rings. The number of aryl methyl sites for hydroxylation is 2. The maximum absolute atomic E-state index is 13.4. The smallest absolute Gasteiger partial charge is 0.408 e. The van der Waals surface area contributed by atoms with E-state index in [1.165, 1.54) is 4.90 Å². The van der Waals surface area contributed by atoms with Gasteiger partial charge in [-0.1, -0.05) is 31.5 Å². The van der Waals surface area contributed by atoms with Gasteiger partial charge >= 0.3 is 6.09 Å². The number of amides is 3. The molecule has 0 radical (unpaired) electrons. The average Bonchev–Trinajstić information content (AvgIpc) is 2.66. The average molecular weight is 450 g/mol. The van der Waals surface area contributed by atoms with Crippen molar-refractivity contribution in [3.63, 3.8) is 0 Å². The molecule has 0 aliphatic heterocycles. The van der Waals surface area contributed by atoms with Crippen molar-refractivity contribution >= 4 is 17.9 Å². The molecule has 0 aliphatic carbocycles. The molecule has 0 saturated heterocycles. The highest BCUT2D eigenvalue weighted by molar-refractivity contribution is 5.91. The molecule has 8 heteroatoms. The van der Waals surface area contributed by atoms with Gasteiger partial charge in [0.2, 0.25) is 11.8 Å². The van der Waals surface area contributed by atoms with E-state index in [4.69, 9.17) is 4.74 Å². The van der Waals surface area contributed by atoms with Gasteiger partial charge in [-0.05, 0) is 64.7 Å². The van der Waals surface area contributed by atoms with Crippen LogP contribution in [0.2, 0.25) is 0 Å². The predicted molar refractivity (Wildman–Crippen MR) is 124 cm³/mol. The van der Waals surface area contributed by atoms with Gasteiger partial charge in [-0.25, -0.2) is 4.79 Å². The van der Waals surface area contributed by atoms with Crippen LogP contribution in [-0.4, -0.2) is 59.3 Å². The Balaban J connectivity index is 3.25. The lowest BCUT2D eigenvalue weighted by Gasteiger charge is -2.33. The van der Waals surface area contributed by atoms with Crippen molar-refractivity contribution in [2.45, 2.75) is 79.0 Å². The molecule has 1 aromatic carbocycles. The number of ether oxygens (including phenoxy) is 1. The minimum absolute atomic E-state index is 0.0527. The van der Waals surface area contributed by atoms with Crippen LogP contribution in [0.3, 0.4) is 0 Å². The standard InChI is InChI=1S/C24H39N3O5/c1-8-10-18(4)26-22(30)21(20-16(2)11-9-12-17(20)3)27(13-14-28)19(29)15-25-23(31)32-24(5,6)7/h9,11-12,18,21,28H,8,10,13-15H2,1-7H3,(H,25,31)(H,26,30). The Morgan fingerprint density at radius 2 is 1.75 bits per heavy atom. The highest BCUT2D eigenvalue weighted by Gasteiger charge is 2.34. The summed E-state index contributed by atoms with van der Waals surface area (Å²) in [5, 5.41) is 15.1. The van der Waals surface area contributed by atoms with E-state index in [0.717, 1.165) is 24.0 Å². The van der Waals surface area contributed by atoms with Crippen LogP contribution in [0.4, 0.5) is 4.79 Å². The molecule has 0 aliphatic rings. The Labute approximate surface area is 191 Å². The Morgan fingerprint density at radius 3 is 2.25 bits per heavy atom. The topological polar surface area (TPSA) is 108 Å². The molecule has 0 spiro atoms. The molecule has 0 fully saturated rings. The number of aliphatic hydroxyl groups excluding tert-OH is 1. The highest BCUT2D eigenvalue weighted by Crippen LogP contribution is 2.28. The second-order valence-corrected chi connectivity index (χ2v) is 9.07. The SMILES string of the molecule is CCCC(C)NC(=O)C(c1c(C)cccc1C)N(CCO)C(=O)CNC(=O)OC(C)(C)C. The van der Waals surface area contributed by atoms with Gasteiger partial charge in [0.1, 0.15) is 18.2 Å². The van der Waals surface area contributed by atoms with E-state index in [1.807, 2.05) is 45.9 Å². The van der Waals surface area contributed by atoms with Crippen molar-refractivity contribution in [3.8, 4) is 0 Å². The summed E-state index contributed by atoms with van der Waals surface area (Å²) in [4.78, 5) is 39.8. The first-order valence-electron chi connectivity index (χ1n) is 11.1. The Morgan fingerprint density at radius 1 is 1.16 bits per heavy atom. The van der Waals surface area contributed by atoms with Gasteiger partial charge in [-0.15, -0.1) is 0 Å². The fraction of sp³-hybridized carbons (Fsp3) is 0.625. The van der Waals surface area contributed by atoms with Crippen molar-refractivity contribution < 1.29 is 24.2 Å². The van der Waals surface area contributed by atoms with E-state index < -0.39 is 23.6 Å². The number of rotatable bonds is 10. The number of nitrogens with zero attached hydrogens (tertiary/aromatic N) is 1. The van der Waals surface area contributed by atoms with Crippen LogP contribution in [0.5, 0.6) is 0 Å². The second kappa shape index (κ2) is 12.4. The maximum Gasteiger partial charge on any atom is 0.408 e. The van der Waals surface area contributed by atoms with Gasteiger partial charge in [0.05, 0.1) is 6.61 Å². The zero-order valence-corrected chi connectivity index (χ0v) is 20.4. The van der Waals surface area contributed by atoms with Crippen molar-refractivity contribution in [3.05, 3.63) is 34.9 Å². The Kier molecular flexibility index (Phi) is 10.7. The van der Waals surface area contributed by atoms with Gasteiger partial charge in [-0.2, -0.15) is 0 Å². The van der Waals surface area contributed by atoms with Gasteiger partial charge in [0.25, 0.3) is 0 Å². The van der Waals surface area contributed by atoms with E-state index >= 15 is 0 Å². The minimum atomic E-state index is -0.935. The fourth-order valence-corrected chi connectivity index (χ4v) is 3.58. The molecule has 180 valence electrons. The number of carbonyl (C=O) groups excluding carboxylic acids is 3. The van der Waals surface area contributed by atoms with Gasteiger partial charge in [0.15, 0.2) is 0 Å². The molecule has 32 heavy (non-hydrogen) atoms. The van der Waals surface area contributed by atoms with Crippen LogP contribution in [0.15, 0.2) is 18.2 Å². The van der Waals surface area contributed by atoms with Crippen LogP contribution < -0.4 is 10.6 Å². The zero-order valence-electron chi connectivity index (χ0n) is 20.4. The summed E-state index contributed by atoms with van der Waals surface area (Å²) in [7, 11) is 0. The summed E-state index contributed by atoms with van der Waals surface area (Å²) in [5.74, 6) is -0.807. The molecule has 0 heterocycles. The van der Waals surface area contributed by atoms with Crippen molar-refractivity contribution in [2.24, 2.45) is 0 Å². The van der Waals surface area contributed by atoms with Gasteiger partial charge in [-0.3, -0.25) is 9.59 Å². The third-order valence-corrected chi connectivity index (χ3v) is 4.93. The number of hydrogen-bond donors (Lipinski definition) is 3. The molecule has 0 bridgehead atoms. The first-order valence-corrected chi connectivity index (χ1v) is 11.1. The van der Waals surface area contributed by atoms with Crippen molar-refractivity contribution in [1.82, 2.24) is 15.5 Å². The zero-order chi connectivity index (χ0) is 24.5. The van der Waals surface area contributed by atoms with E-state index in [9.17, 15) is 19.5 Å². The number of nitrogens with one attached hydrogen (secondary N) is 2. The summed E-state index contributed by atoms with van der Waals surface area (Å²) in [5.41, 5.74) is 1.75. The number of carbonyl (C=O) groups is 3. The Bertz CT molecular complexity index is 768. The third kappa shape index (κ3) is 8.49. The van der Waals surface area contributed by atoms with Gasteiger partial charge < -0.3 is 25.4 Å². The van der Waals surface area contributed by atoms with Crippen molar-refractivity contribution in [2.75, 3.05) is 19.7 Å². The minimum Gasteiger partial charge on any atom is -0.444 e. The maximum atomic E-state index is 13.4. The van der Waals surface area contributed by atoms with E-state index in [0.29, 0.717) is 5.56 Å². The molecule has 8 nitrogen and oxygen atoms in total. The third-order valence-electron chi connectivity index (χ3n) is 4.93. The molecular formula is C24H39N3O5. The lowest BCUT2D eigenvalue weighted by atomic mass is 9.93. The Hall–Kier alpha value is -2.61. The number of aliphatic hydroxyl groups is 1. The normalized spacial score (nSPS) is 13.1. The van der Waals surface area contributed by atoms with Crippen LogP contribution in [0.1, 0.15) is 70.2 Å². The molecule has 0 aromatic heterocycles. The van der Waals surface area contributed by atoms with Gasteiger partial charge in [0, 0.05) is 12.6 Å².